The minimum Gasteiger partial charge on any atom is -0.352 e. The summed E-state index contributed by atoms with van der Waals surface area (Å²) in [6.07, 6.45) is 14.8. The quantitative estimate of drug-likeness (QED) is 0.555. The summed E-state index contributed by atoms with van der Waals surface area (Å²) < 4.78 is 13.3. The van der Waals surface area contributed by atoms with Crippen LogP contribution in [0.2, 0.25) is 0 Å². The molecule has 3 rings (SSSR count). The van der Waals surface area contributed by atoms with E-state index in [0.717, 1.165) is 57.7 Å². The molecule has 0 spiro atoms. The summed E-state index contributed by atoms with van der Waals surface area (Å²) >= 11 is 0. The number of nitrogens with one attached hydrogen (secondary N) is 1. The molecule has 0 aromatic heterocycles. The molecule has 1 heterocycles. The Morgan fingerprint density at radius 1 is 1.16 bits per heavy atom. The largest absolute Gasteiger partial charge is 0.352 e. The fraction of sp³-hybridized carbons (Fsp3) is 0.519. The third-order valence-electron chi connectivity index (χ3n) is 6.43. The predicted octanol–water partition coefficient (Wildman–Crippen LogP) is 5.66. The highest BCUT2D eigenvalue weighted by molar-refractivity contribution is 5.72. The van der Waals surface area contributed by atoms with Crippen molar-refractivity contribution in [3.05, 3.63) is 70.6 Å². The van der Waals surface area contributed by atoms with Crippen molar-refractivity contribution in [3.63, 3.8) is 0 Å². The molecular weight excluding hydrogens is 387 g/mol. The predicted molar refractivity (Wildman–Crippen MR) is 126 cm³/mol. The number of hydrogen-bond acceptors (Lipinski definition) is 2. The minimum atomic E-state index is -0.153. The Kier molecular flexibility index (Phi) is 9.08. The van der Waals surface area contributed by atoms with Crippen LogP contribution in [0.25, 0.3) is 0 Å². The number of benzene rings is 1. The lowest BCUT2D eigenvalue weighted by molar-refractivity contribution is -0.119. The summed E-state index contributed by atoms with van der Waals surface area (Å²) in [4.78, 5) is 13.8. The van der Waals surface area contributed by atoms with E-state index < -0.39 is 0 Å². The van der Waals surface area contributed by atoms with Crippen molar-refractivity contribution in [1.29, 1.82) is 0 Å². The van der Waals surface area contributed by atoms with Gasteiger partial charge in [0.25, 0.3) is 0 Å². The second-order valence-electron chi connectivity index (χ2n) is 8.98. The Morgan fingerprint density at radius 2 is 1.97 bits per heavy atom. The third-order valence-corrected chi connectivity index (χ3v) is 6.43. The topological polar surface area (TPSA) is 32.3 Å². The van der Waals surface area contributed by atoms with Gasteiger partial charge in [0.05, 0.1) is 0 Å². The van der Waals surface area contributed by atoms with Gasteiger partial charge in [-0.2, -0.15) is 0 Å². The molecule has 1 aromatic rings. The van der Waals surface area contributed by atoms with Gasteiger partial charge >= 0.3 is 0 Å². The number of allylic oxidation sites excluding steroid dienone is 5. The second kappa shape index (κ2) is 12.0. The van der Waals surface area contributed by atoms with Crippen LogP contribution in [-0.2, 0) is 24.2 Å². The monoisotopic (exact) mass is 424 g/mol. The van der Waals surface area contributed by atoms with E-state index in [9.17, 15) is 9.18 Å². The maximum absolute atomic E-state index is 13.3. The number of amides is 1. The van der Waals surface area contributed by atoms with Crippen molar-refractivity contribution < 1.29 is 9.18 Å². The van der Waals surface area contributed by atoms with E-state index in [4.69, 9.17) is 0 Å². The average molecular weight is 425 g/mol. The maximum atomic E-state index is 13.3. The van der Waals surface area contributed by atoms with Crippen LogP contribution < -0.4 is 5.32 Å². The smallest absolute Gasteiger partial charge is 0.217 e. The van der Waals surface area contributed by atoms with E-state index in [1.807, 2.05) is 12.2 Å². The molecule has 3 nitrogen and oxygen atoms in total. The summed E-state index contributed by atoms with van der Waals surface area (Å²) in [6, 6.07) is 6.73. The Labute approximate surface area is 187 Å². The van der Waals surface area contributed by atoms with Crippen LogP contribution in [0.3, 0.4) is 0 Å². The maximum Gasteiger partial charge on any atom is 0.217 e. The van der Waals surface area contributed by atoms with E-state index in [1.54, 1.807) is 19.1 Å². The molecule has 0 atom stereocenters. The standard InChI is InChI=1S/C27H37FN2O/c1-3-5-25-10-8-24(20-29-21(2)31)19-26(25)18-23-13-16-30(17-14-23)15-12-22-6-4-7-27(28)11-9-22/h4,7-11,19,23H,3,5-6,12-18,20H2,1-2H3,(H,29,31). The first kappa shape index (κ1) is 23.5. The van der Waals surface area contributed by atoms with Gasteiger partial charge in [0, 0.05) is 20.0 Å². The first-order valence-corrected chi connectivity index (χ1v) is 11.8. The Bertz CT molecular complexity index is 832. The highest BCUT2D eigenvalue weighted by Crippen LogP contribution is 2.26. The number of carbonyl (C=O) groups excluding carboxylic acids is 1. The van der Waals surface area contributed by atoms with Gasteiger partial charge in [-0.05, 0) is 86.4 Å². The van der Waals surface area contributed by atoms with Crippen molar-refractivity contribution in [1.82, 2.24) is 10.2 Å². The number of halogens is 1. The normalized spacial score (nSPS) is 17.8. The van der Waals surface area contributed by atoms with Gasteiger partial charge in [0.1, 0.15) is 5.83 Å². The first-order valence-electron chi connectivity index (χ1n) is 11.8. The van der Waals surface area contributed by atoms with E-state index in [2.05, 4.69) is 35.3 Å². The van der Waals surface area contributed by atoms with Crippen LogP contribution in [0.1, 0.15) is 62.6 Å². The van der Waals surface area contributed by atoms with E-state index in [0.29, 0.717) is 6.54 Å². The summed E-state index contributed by atoms with van der Waals surface area (Å²) in [5, 5.41) is 2.92. The molecule has 1 aliphatic heterocycles. The van der Waals surface area contributed by atoms with E-state index in [-0.39, 0.29) is 11.7 Å². The van der Waals surface area contributed by atoms with Crippen LogP contribution in [0, 0.1) is 5.92 Å². The third kappa shape index (κ3) is 7.77. The number of carbonyl (C=O) groups is 1. The van der Waals surface area contributed by atoms with Crippen LogP contribution in [0.4, 0.5) is 4.39 Å². The lowest BCUT2D eigenvalue weighted by Gasteiger charge is -2.32. The van der Waals surface area contributed by atoms with Crippen molar-refractivity contribution in [2.45, 2.75) is 65.3 Å². The zero-order valence-electron chi connectivity index (χ0n) is 19.1. The molecule has 1 aromatic carbocycles. The van der Waals surface area contributed by atoms with Gasteiger partial charge in [-0.1, -0.05) is 49.3 Å². The summed E-state index contributed by atoms with van der Waals surface area (Å²) in [6.45, 7) is 7.77. The zero-order valence-corrected chi connectivity index (χ0v) is 19.1. The van der Waals surface area contributed by atoms with Crippen LogP contribution >= 0.6 is 0 Å². The van der Waals surface area contributed by atoms with Crippen molar-refractivity contribution >= 4 is 5.91 Å². The minimum absolute atomic E-state index is 0.0170. The van der Waals surface area contributed by atoms with E-state index in [1.165, 1.54) is 35.1 Å². The van der Waals surface area contributed by atoms with Gasteiger partial charge in [-0.25, -0.2) is 4.39 Å². The Hall–Kier alpha value is -2.20. The molecule has 31 heavy (non-hydrogen) atoms. The van der Waals surface area contributed by atoms with Crippen molar-refractivity contribution in [2.75, 3.05) is 19.6 Å². The number of rotatable bonds is 9. The van der Waals surface area contributed by atoms with Crippen molar-refractivity contribution in [3.8, 4) is 0 Å². The molecule has 1 amide bonds. The highest BCUT2D eigenvalue weighted by Gasteiger charge is 2.20. The van der Waals surface area contributed by atoms with Gasteiger partial charge in [0.15, 0.2) is 0 Å². The van der Waals surface area contributed by atoms with Crippen LogP contribution in [0.5, 0.6) is 0 Å². The zero-order chi connectivity index (χ0) is 22.1. The Balaban J connectivity index is 1.51. The number of hydrogen-bond donors (Lipinski definition) is 1. The van der Waals surface area contributed by atoms with Gasteiger partial charge < -0.3 is 10.2 Å². The SMILES string of the molecule is CCCc1ccc(CNC(C)=O)cc1CC1CCN(CCC2=CC=C(F)C=CC2)CC1. The van der Waals surface area contributed by atoms with Gasteiger partial charge in [-0.3, -0.25) is 4.79 Å². The van der Waals surface area contributed by atoms with Gasteiger partial charge in [0.2, 0.25) is 5.91 Å². The molecule has 168 valence electrons. The molecule has 0 unspecified atom stereocenters. The molecular formula is C27H37FN2O. The molecule has 0 saturated carbocycles. The van der Waals surface area contributed by atoms with Crippen LogP contribution in [0.15, 0.2) is 53.9 Å². The number of nitrogens with zero attached hydrogens (tertiary/aromatic N) is 1. The summed E-state index contributed by atoms with van der Waals surface area (Å²) in [5.41, 5.74) is 5.43. The molecule has 4 heteroatoms. The fourth-order valence-corrected chi connectivity index (χ4v) is 4.58. The molecule has 2 aliphatic rings. The summed E-state index contributed by atoms with van der Waals surface area (Å²) in [5.74, 6) is 0.586. The number of aryl methyl sites for hydroxylation is 1. The first-order chi connectivity index (χ1) is 15.0. The van der Waals surface area contributed by atoms with Crippen molar-refractivity contribution in [2.24, 2.45) is 5.92 Å². The van der Waals surface area contributed by atoms with E-state index >= 15 is 0 Å². The lowest BCUT2D eigenvalue weighted by Crippen LogP contribution is -2.35. The highest BCUT2D eigenvalue weighted by atomic mass is 19.1. The molecule has 1 aliphatic carbocycles. The lowest BCUT2D eigenvalue weighted by atomic mass is 9.86. The van der Waals surface area contributed by atoms with Crippen LogP contribution in [-0.4, -0.2) is 30.4 Å². The average Bonchev–Trinajstić information content (AvgIpc) is 2.97. The molecule has 0 radical (unpaired) electrons. The fourth-order valence-electron chi connectivity index (χ4n) is 4.58. The Morgan fingerprint density at radius 3 is 2.71 bits per heavy atom. The summed E-state index contributed by atoms with van der Waals surface area (Å²) in [7, 11) is 0. The number of piperidine rings is 1. The molecule has 1 fully saturated rings. The molecule has 1 saturated heterocycles. The second-order valence-corrected chi connectivity index (χ2v) is 8.98. The molecule has 0 bridgehead atoms. The van der Waals surface area contributed by atoms with Gasteiger partial charge in [-0.15, -0.1) is 0 Å². The molecule has 1 N–H and O–H groups in total. The number of likely N-dealkylation sites (tertiary alicyclic amines) is 1.